The van der Waals surface area contributed by atoms with E-state index in [1.165, 1.54) is 4.52 Å². The van der Waals surface area contributed by atoms with E-state index in [4.69, 9.17) is 23.2 Å². The van der Waals surface area contributed by atoms with Crippen LogP contribution < -0.4 is 5.56 Å². The van der Waals surface area contributed by atoms with Crippen molar-refractivity contribution in [2.24, 2.45) is 0 Å². The van der Waals surface area contributed by atoms with Crippen LogP contribution in [-0.2, 0) is 0 Å². The number of fused-ring (bicyclic) bond motifs is 2. The van der Waals surface area contributed by atoms with Crippen LogP contribution in [0.3, 0.4) is 0 Å². The van der Waals surface area contributed by atoms with Crippen molar-refractivity contribution in [3.63, 3.8) is 0 Å². The second kappa shape index (κ2) is 4.87. The molecular weight excluding hydrogens is 321 g/mol. The number of halogens is 2. The highest BCUT2D eigenvalue weighted by Crippen LogP contribution is 2.29. The van der Waals surface area contributed by atoms with E-state index in [-0.39, 0.29) is 5.56 Å². The van der Waals surface area contributed by atoms with E-state index in [9.17, 15) is 4.79 Å². The molecule has 0 fully saturated rings. The van der Waals surface area contributed by atoms with Crippen molar-refractivity contribution in [1.82, 2.24) is 14.6 Å². The second-order valence-corrected chi connectivity index (χ2v) is 5.77. The van der Waals surface area contributed by atoms with Crippen molar-refractivity contribution < 1.29 is 0 Å². The number of aromatic nitrogens is 3. The molecule has 2 aromatic carbocycles. The fraction of sp³-hybridized carbons (Fsp3) is 0. The molecule has 0 bridgehead atoms. The van der Waals surface area contributed by atoms with E-state index < -0.39 is 0 Å². The zero-order valence-electron chi connectivity index (χ0n) is 11.2. The summed E-state index contributed by atoms with van der Waals surface area (Å²) in [5.74, 6) is 0. The Morgan fingerprint density at radius 1 is 1.05 bits per heavy atom. The zero-order valence-corrected chi connectivity index (χ0v) is 12.7. The third kappa shape index (κ3) is 2.00. The molecule has 2 aromatic heterocycles. The Morgan fingerprint density at radius 3 is 2.68 bits per heavy atom. The lowest BCUT2D eigenvalue weighted by Gasteiger charge is -2.00. The number of para-hydroxylation sites is 1. The van der Waals surface area contributed by atoms with Crippen LogP contribution in [0.15, 0.2) is 53.3 Å². The molecule has 2 heterocycles. The summed E-state index contributed by atoms with van der Waals surface area (Å²) in [6.07, 6.45) is 0. The molecule has 0 unspecified atom stereocenters. The molecule has 22 heavy (non-hydrogen) atoms. The van der Waals surface area contributed by atoms with Gasteiger partial charge in [-0.3, -0.25) is 4.79 Å². The van der Waals surface area contributed by atoms with E-state index in [0.717, 1.165) is 11.1 Å². The summed E-state index contributed by atoms with van der Waals surface area (Å²) in [4.78, 5) is 15.7. The largest absolute Gasteiger partial charge is 0.339 e. The van der Waals surface area contributed by atoms with Gasteiger partial charge >= 0.3 is 0 Å². The van der Waals surface area contributed by atoms with Crippen LogP contribution in [0.4, 0.5) is 0 Å². The average molecular weight is 330 g/mol. The predicted octanol–water partition coefficient (Wildman–Crippen LogP) is 4.15. The van der Waals surface area contributed by atoms with Gasteiger partial charge in [-0.2, -0.15) is 9.61 Å². The first-order valence-electron chi connectivity index (χ1n) is 6.60. The Kier molecular flexibility index (Phi) is 2.96. The van der Waals surface area contributed by atoms with Gasteiger partial charge in [-0.05, 0) is 30.3 Å². The summed E-state index contributed by atoms with van der Waals surface area (Å²) in [5.41, 5.74) is 2.57. The molecule has 0 atom stereocenters. The van der Waals surface area contributed by atoms with Gasteiger partial charge < -0.3 is 4.98 Å². The molecule has 0 aliphatic heterocycles. The first-order valence-corrected chi connectivity index (χ1v) is 7.35. The van der Waals surface area contributed by atoms with Crippen molar-refractivity contribution in [3.8, 4) is 11.3 Å². The van der Waals surface area contributed by atoms with Crippen molar-refractivity contribution in [2.45, 2.75) is 0 Å². The highest BCUT2D eigenvalue weighted by Gasteiger charge is 2.12. The van der Waals surface area contributed by atoms with E-state index in [1.807, 2.05) is 18.2 Å². The minimum Gasteiger partial charge on any atom is -0.339 e. The molecule has 108 valence electrons. The quantitative estimate of drug-likeness (QED) is 0.570. The summed E-state index contributed by atoms with van der Waals surface area (Å²) < 4.78 is 1.35. The van der Waals surface area contributed by atoms with Gasteiger partial charge in [0.15, 0.2) is 0 Å². The van der Waals surface area contributed by atoms with Crippen LogP contribution in [0.5, 0.6) is 0 Å². The third-order valence-electron chi connectivity index (χ3n) is 3.53. The van der Waals surface area contributed by atoms with Gasteiger partial charge in [0, 0.05) is 16.7 Å². The lowest BCUT2D eigenvalue weighted by Crippen LogP contribution is -2.15. The predicted molar refractivity (Wildman–Crippen MR) is 88.8 cm³/mol. The second-order valence-electron chi connectivity index (χ2n) is 4.93. The number of benzene rings is 2. The normalized spacial score (nSPS) is 11.4. The van der Waals surface area contributed by atoms with Crippen molar-refractivity contribution in [3.05, 3.63) is 68.9 Å². The van der Waals surface area contributed by atoms with Gasteiger partial charge in [0.05, 0.1) is 21.6 Å². The maximum atomic E-state index is 12.5. The number of H-pyrrole nitrogens is 1. The molecule has 0 saturated carbocycles. The van der Waals surface area contributed by atoms with Crippen LogP contribution in [0, 0.1) is 0 Å². The average Bonchev–Trinajstić information content (AvgIpc) is 2.91. The molecule has 0 aliphatic carbocycles. The molecule has 0 amide bonds. The van der Waals surface area contributed by atoms with E-state index in [1.54, 1.807) is 30.3 Å². The smallest absolute Gasteiger partial charge is 0.282 e. The molecule has 0 aliphatic rings. The lowest BCUT2D eigenvalue weighted by atomic mass is 10.1. The highest BCUT2D eigenvalue weighted by molar-refractivity contribution is 6.36. The molecule has 0 saturated heterocycles. The maximum absolute atomic E-state index is 12.5. The van der Waals surface area contributed by atoms with Gasteiger partial charge in [-0.1, -0.05) is 35.3 Å². The van der Waals surface area contributed by atoms with E-state index in [2.05, 4.69) is 10.1 Å². The van der Waals surface area contributed by atoms with Gasteiger partial charge in [-0.25, -0.2) is 0 Å². The number of rotatable bonds is 1. The Morgan fingerprint density at radius 2 is 1.86 bits per heavy atom. The molecule has 4 nitrogen and oxygen atoms in total. The first kappa shape index (κ1) is 13.4. The van der Waals surface area contributed by atoms with Gasteiger partial charge in [-0.15, -0.1) is 0 Å². The molecule has 6 heteroatoms. The number of aromatic amines is 1. The minimum absolute atomic E-state index is 0.166. The topological polar surface area (TPSA) is 50.2 Å². The summed E-state index contributed by atoms with van der Waals surface area (Å²) in [6, 6.07) is 14.3. The number of nitrogens with one attached hydrogen (secondary N) is 1. The summed E-state index contributed by atoms with van der Waals surface area (Å²) in [5, 5.41) is 6.01. The highest BCUT2D eigenvalue weighted by atomic mass is 35.5. The van der Waals surface area contributed by atoms with Crippen LogP contribution in [0.25, 0.3) is 27.8 Å². The summed E-state index contributed by atoms with van der Waals surface area (Å²) >= 11 is 12.1. The van der Waals surface area contributed by atoms with Crippen LogP contribution in [0.1, 0.15) is 0 Å². The molecular formula is C16H9Cl2N3O. The Balaban J connectivity index is 2.03. The molecule has 0 spiro atoms. The molecule has 4 aromatic rings. The fourth-order valence-electron chi connectivity index (χ4n) is 2.48. The van der Waals surface area contributed by atoms with Crippen LogP contribution in [-0.4, -0.2) is 14.6 Å². The van der Waals surface area contributed by atoms with Crippen molar-refractivity contribution in [1.29, 1.82) is 0 Å². The monoisotopic (exact) mass is 329 g/mol. The van der Waals surface area contributed by atoms with Gasteiger partial charge in [0.2, 0.25) is 0 Å². The summed E-state index contributed by atoms with van der Waals surface area (Å²) in [6.45, 7) is 0. The molecule has 0 radical (unpaired) electrons. The maximum Gasteiger partial charge on any atom is 0.282 e. The molecule has 4 rings (SSSR count). The standard InChI is InChI=1S/C16H9Cl2N3O/c17-9-5-6-10(12(18)7-9)14-8-15-19-13-4-2-1-3-11(13)16(22)21(15)20-14/h1-8,19H. The first-order chi connectivity index (χ1) is 10.6. The van der Waals surface area contributed by atoms with Crippen molar-refractivity contribution in [2.75, 3.05) is 0 Å². The number of nitrogens with zero attached hydrogens (tertiary/aromatic N) is 2. The lowest BCUT2D eigenvalue weighted by molar-refractivity contribution is 0.919. The van der Waals surface area contributed by atoms with Crippen LogP contribution in [0.2, 0.25) is 10.0 Å². The number of hydrogen-bond acceptors (Lipinski definition) is 2. The Labute approximate surface area is 134 Å². The van der Waals surface area contributed by atoms with E-state index >= 15 is 0 Å². The zero-order chi connectivity index (χ0) is 15.3. The van der Waals surface area contributed by atoms with Crippen molar-refractivity contribution >= 4 is 39.8 Å². The summed E-state index contributed by atoms with van der Waals surface area (Å²) in [7, 11) is 0. The Bertz CT molecular complexity index is 1080. The number of hydrogen-bond donors (Lipinski definition) is 1. The van der Waals surface area contributed by atoms with Gasteiger partial charge in [0.1, 0.15) is 5.65 Å². The van der Waals surface area contributed by atoms with Gasteiger partial charge in [0.25, 0.3) is 5.56 Å². The SMILES string of the molecule is O=c1c2ccccc2[nH]c2cc(-c3ccc(Cl)cc3Cl)nn12. The Hall–Kier alpha value is -2.30. The fourth-order valence-corrected chi connectivity index (χ4v) is 2.99. The molecule has 1 N–H and O–H groups in total. The third-order valence-corrected chi connectivity index (χ3v) is 4.08. The minimum atomic E-state index is -0.166. The van der Waals surface area contributed by atoms with E-state index in [0.29, 0.717) is 26.8 Å². The van der Waals surface area contributed by atoms with Crippen LogP contribution >= 0.6 is 23.2 Å².